The molecule has 2 heteroatoms. The molecule has 1 atom stereocenters. The third-order valence-corrected chi connectivity index (χ3v) is 3.52. The van der Waals surface area contributed by atoms with Crippen molar-refractivity contribution in [2.75, 3.05) is 0 Å². The van der Waals surface area contributed by atoms with Gasteiger partial charge in [-0.15, -0.1) is 0 Å². The van der Waals surface area contributed by atoms with Gasteiger partial charge >= 0.3 is 0 Å². The second-order valence-electron chi connectivity index (χ2n) is 4.98. The molecule has 0 bridgehead atoms. The molecule has 0 radical (unpaired) electrons. The molecule has 1 N–H and O–H groups in total. The van der Waals surface area contributed by atoms with E-state index in [1.807, 2.05) is 12.1 Å². The molecule has 0 aliphatic rings. The first kappa shape index (κ1) is 12.9. The van der Waals surface area contributed by atoms with E-state index in [0.29, 0.717) is 0 Å². The van der Waals surface area contributed by atoms with Crippen LogP contribution in [0, 0.1) is 20.8 Å². The van der Waals surface area contributed by atoms with E-state index in [9.17, 15) is 0 Å². The van der Waals surface area contributed by atoms with Gasteiger partial charge in [-0.1, -0.05) is 12.1 Å². The lowest BCUT2D eigenvalue weighted by atomic mass is 10.0. The summed E-state index contributed by atoms with van der Waals surface area (Å²) in [5.41, 5.74) is 5.41. The lowest BCUT2D eigenvalue weighted by Crippen LogP contribution is -2.18. The van der Waals surface area contributed by atoms with Crippen LogP contribution in [-0.4, -0.2) is 0 Å². The van der Waals surface area contributed by atoms with Crippen molar-refractivity contribution >= 4 is 0 Å². The summed E-state index contributed by atoms with van der Waals surface area (Å²) in [5.74, 6) is 0.983. The molecule has 0 amide bonds. The van der Waals surface area contributed by atoms with Gasteiger partial charge in [-0.2, -0.15) is 0 Å². The molecular weight excluding hydrogens is 222 g/mol. The van der Waals surface area contributed by atoms with Gasteiger partial charge in [-0.25, -0.2) is 0 Å². The summed E-state index contributed by atoms with van der Waals surface area (Å²) in [6, 6.07) is 8.69. The maximum Gasteiger partial charge on any atom is 0.120 e. The van der Waals surface area contributed by atoms with Crippen molar-refractivity contribution in [3.05, 3.63) is 58.5 Å². The Morgan fingerprint density at radius 1 is 1.11 bits per heavy atom. The highest BCUT2D eigenvalue weighted by atomic mass is 16.3. The molecule has 0 saturated heterocycles. The largest absolute Gasteiger partial charge is 0.468 e. The average Bonchev–Trinajstić information content (AvgIpc) is 2.85. The molecule has 18 heavy (non-hydrogen) atoms. The van der Waals surface area contributed by atoms with E-state index in [1.54, 1.807) is 6.26 Å². The molecule has 1 aromatic carbocycles. The standard InChI is InChI=1S/C16H21NO/c1-11-8-13(3)15(9-12(11)2)10-17-14(4)16-6-5-7-18-16/h5-9,14,17H,10H2,1-4H3/t14-/m0/s1. The van der Waals surface area contributed by atoms with E-state index in [1.165, 1.54) is 22.3 Å². The van der Waals surface area contributed by atoms with Crippen LogP contribution in [-0.2, 0) is 6.54 Å². The van der Waals surface area contributed by atoms with Gasteiger partial charge in [-0.05, 0) is 62.1 Å². The van der Waals surface area contributed by atoms with Gasteiger partial charge in [0.15, 0.2) is 0 Å². The minimum absolute atomic E-state index is 0.237. The molecule has 1 aromatic heterocycles. The van der Waals surface area contributed by atoms with Gasteiger partial charge < -0.3 is 9.73 Å². The molecule has 0 aliphatic heterocycles. The predicted molar refractivity (Wildman–Crippen MR) is 74.6 cm³/mol. The lowest BCUT2D eigenvalue weighted by Gasteiger charge is -2.14. The van der Waals surface area contributed by atoms with Crippen molar-refractivity contribution in [2.45, 2.75) is 40.3 Å². The van der Waals surface area contributed by atoms with Crippen LogP contribution in [0.25, 0.3) is 0 Å². The molecule has 1 heterocycles. The van der Waals surface area contributed by atoms with E-state index in [-0.39, 0.29) is 6.04 Å². The van der Waals surface area contributed by atoms with E-state index < -0.39 is 0 Å². The highest BCUT2D eigenvalue weighted by Gasteiger charge is 2.08. The molecule has 0 saturated carbocycles. The highest BCUT2D eigenvalue weighted by Crippen LogP contribution is 2.17. The maximum absolute atomic E-state index is 5.39. The Kier molecular flexibility index (Phi) is 3.87. The van der Waals surface area contributed by atoms with Crippen LogP contribution in [0.2, 0.25) is 0 Å². The summed E-state index contributed by atoms with van der Waals surface area (Å²) in [4.78, 5) is 0. The summed E-state index contributed by atoms with van der Waals surface area (Å²) >= 11 is 0. The predicted octanol–water partition coefficient (Wildman–Crippen LogP) is 4.06. The number of benzene rings is 1. The zero-order chi connectivity index (χ0) is 13.1. The highest BCUT2D eigenvalue weighted by molar-refractivity contribution is 5.36. The molecule has 0 aliphatic carbocycles. The van der Waals surface area contributed by atoms with Crippen molar-refractivity contribution in [1.82, 2.24) is 5.32 Å². The zero-order valence-electron chi connectivity index (χ0n) is 11.6. The number of rotatable bonds is 4. The van der Waals surface area contributed by atoms with Gasteiger partial charge in [0, 0.05) is 6.54 Å². The van der Waals surface area contributed by atoms with E-state index in [0.717, 1.165) is 12.3 Å². The number of nitrogens with one attached hydrogen (secondary N) is 1. The fourth-order valence-electron chi connectivity index (χ4n) is 2.11. The summed E-state index contributed by atoms with van der Waals surface area (Å²) in [7, 11) is 0. The topological polar surface area (TPSA) is 25.2 Å². The van der Waals surface area contributed by atoms with Crippen LogP contribution in [0.5, 0.6) is 0 Å². The monoisotopic (exact) mass is 243 g/mol. The number of hydrogen-bond acceptors (Lipinski definition) is 2. The summed E-state index contributed by atoms with van der Waals surface area (Å²) in [6.07, 6.45) is 1.72. The normalized spacial score (nSPS) is 12.7. The Balaban J connectivity index is 2.04. The molecule has 2 aromatic rings. The van der Waals surface area contributed by atoms with Gasteiger partial charge in [0.1, 0.15) is 5.76 Å². The Morgan fingerprint density at radius 3 is 2.50 bits per heavy atom. The summed E-state index contributed by atoms with van der Waals surface area (Å²) < 4.78 is 5.39. The molecule has 2 nitrogen and oxygen atoms in total. The fraction of sp³-hybridized carbons (Fsp3) is 0.375. The summed E-state index contributed by atoms with van der Waals surface area (Å²) in [6.45, 7) is 9.48. The first-order valence-electron chi connectivity index (χ1n) is 6.41. The SMILES string of the molecule is Cc1cc(C)c(CN[C@@H](C)c2ccco2)cc1C. The number of hydrogen-bond donors (Lipinski definition) is 1. The van der Waals surface area contributed by atoms with Crippen LogP contribution >= 0.6 is 0 Å². The Hall–Kier alpha value is -1.54. The van der Waals surface area contributed by atoms with Crippen molar-refractivity contribution in [1.29, 1.82) is 0 Å². The quantitative estimate of drug-likeness (QED) is 0.876. The van der Waals surface area contributed by atoms with Gasteiger partial charge in [0.05, 0.1) is 12.3 Å². The molecular formula is C16H21NO. The molecule has 0 unspecified atom stereocenters. The van der Waals surface area contributed by atoms with Crippen molar-refractivity contribution in [2.24, 2.45) is 0 Å². The number of aryl methyl sites for hydroxylation is 3. The van der Waals surface area contributed by atoms with Crippen molar-refractivity contribution in [3.63, 3.8) is 0 Å². The van der Waals surface area contributed by atoms with Crippen LogP contribution < -0.4 is 5.32 Å². The average molecular weight is 243 g/mol. The Labute approximate surface area is 109 Å². The zero-order valence-corrected chi connectivity index (χ0v) is 11.6. The Bertz CT molecular complexity index is 514. The molecule has 96 valence electrons. The third kappa shape index (κ3) is 2.82. The molecule has 0 fully saturated rings. The van der Waals surface area contributed by atoms with Gasteiger partial charge in [0.2, 0.25) is 0 Å². The van der Waals surface area contributed by atoms with Crippen molar-refractivity contribution in [3.8, 4) is 0 Å². The van der Waals surface area contributed by atoms with E-state index in [2.05, 4.69) is 45.1 Å². The Morgan fingerprint density at radius 2 is 1.83 bits per heavy atom. The van der Waals surface area contributed by atoms with E-state index >= 15 is 0 Å². The van der Waals surface area contributed by atoms with Crippen molar-refractivity contribution < 1.29 is 4.42 Å². The van der Waals surface area contributed by atoms with Gasteiger partial charge in [-0.3, -0.25) is 0 Å². The van der Waals surface area contributed by atoms with Gasteiger partial charge in [0.25, 0.3) is 0 Å². The first-order valence-corrected chi connectivity index (χ1v) is 6.41. The lowest BCUT2D eigenvalue weighted by molar-refractivity contribution is 0.430. The number of furan rings is 1. The van der Waals surface area contributed by atoms with E-state index in [4.69, 9.17) is 4.42 Å². The maximum atomic E-state index is 5.39. The fourth-order valence-corrected chi connectivity index (χ4v) is 2.11. The minimum atomic E-state index is 0.237. The minimum Gasteiger partial charge on any atom is -0.468 e. The second-order valence-corrected chi connectivity index (χ2v) is 4.98. The molecule has 2 rings (SSSR count). The van der Waals surface area contributed by atoms with Crippen LogP contribution in [0.3, 0.4) is 0 Å². The van der Waals surface area contributed by atoms with Crippen LogP contribution in [0.4, 0.5) is 0 Å². The first-order chi connectivity index (χ1) is 8.58. The smallest absolute Gasteiger partial charge is 0.120 e. The second kappa shape index (κ2) is 5.40. The molecule has 0 spiro atoms. The van der Waals surface area contributed by atoms with Crippen LogP contribution in [0.1, 0.15) is 41.0 Å². The summed E-state index contributed by atoms with van der Waals surface area (Å²) in [5, 5.41) is 3.50. The third-order valence-electron chi connectivity index (χ3n) is 3.52. The van der Waals surface area contributed by atoms with Crippen LogP contribution in [0.15, 0.2) is 34.9 Å².